The zero-order valence-electron chi connectivity index (χ0n) is 10.6. The molecule has 0 aliphatic heterocycles. The number of Topliss-reactive ketones (excluding diaryl/α,β-unsaturated/α-hetero) is 1. The van der Waals surface area contributed by atoms with Crippen LogP contribution in [0.2, 0.25) is 5.22 Å². The number of halogens is 1. The number of furan rings is 1. The Labute approximate surface area is 117 Å². The number of rotatable bonds is 3. The summed E-state index contributed by atoms with van der Waals surface area (Å²) in [6, 6.07) is 11.7. The van der Waals surface area contributed by atoms with Gasteiger partial charge in [-0.25, -0.2) is 0 Å². The topological polar surface area (TPSA) is 30.2 Å². The van der Waals surface area contributed by atoms with Crippen molar-refractivity contribution in [2.24, 2.45) is 0 Å². The average molecular weight is 275 g/mol. The molecule has 3 rings (SSSR count). The molecule has 0 amide bonds. The molecule has 1 aliphatic rings. The smallest absolute Gasteiger partial charge is 0.198 e. The van der Waals surface area contributed by atoms with Gasteiger partial charge in [-0.15, -0.1) is 0 Å². The predicted octanol–water partition coefficient (Wildman–Crippen LogP) is 4.63. The number of carbonyl (C=O) groups excluding carboxylic acids is 1. The minimum atomic E-state index is 0.0357. The van der Waals surface area contributed by atoms with Gasteiger partial charge in [-0.1, -0.05) is 24.3 Å². The van der Waals surface area contributed by atoms with E-state index in [1.54, 1.807) is 12.1 Å². The van der Waals surface area contributed by atoms with Gasteiger partial charge < -0.3 is 4.42 Å². The summed E-state index contributed by atoms with van der Waals surface area (Å²) in [6.45, 7) is 0. The van der Waals surface area contributed by atoms with Crippen molar-refractivity contribution in [2.45, 2.75) is 31.6 Å². The van der Waals surface area contributed by atoms with Crippen molar-refractivity contribution in [1.29, 1.82) is 0 Å². The van der Waals surface area contributed by atoms with Crippen LogP contribution in [0.25, 0.3) is 0 Å². The van der Waals surface area contributed by atoms with Gasteiger partial charge in [0.25, 0.3) is 0 Å². The maximum Gasteiger partial charge on any atom is 0.198 e. The summed E-state index contributed by atoms with van der Waals surface area (Å²) in [5, 5.41) is 0.271. The molecule has 1 unspecified atom stereocenters. The SMILES string of the molecule is O=C(CC1CCCc2ccccc21)c1ccc(Cl)o1. The van der Waals surface area contributed by atoms with Crippen molar-refractivity contribution < 1.29 is 9.21 Å². The fraction of sp³-hybridized carbons (Fsp3) is 0.312. The Morgan fingerprint density at radius 2 is 2.11 bits per heavy atom. The largest absolute Gasteiger partial charge is 0.442 e. The molecule has 3 heteroatoms. The highest BCUT2D eigenvalue weighted by Gasteiger charge is 2.23. The van der Waals surface area contributed by atoms with Gasteiger partial charge in [-0.2, -0.15) is 0 Å². The van der Waals surface area contributed by atoms with Crippen LogP contribution in [0.3, 0.4) is 0 Å². The standard InChI is InChI=1S/C16H15ClO2/c17-16-9-8-15(19-16)14(18)10-12-6-3-5-11-4-1-2-7-13(11)12/h1-2,4,7-9,12H,3,5-6,10H2. The molecule has 1 aromatic heterocycles. The Balaban J connectivity index is 1.79. The van der Waals surface area contributed by atoms with E-state index in [-0.39, 0.29) is 11.0 Å². The normalized spacial score (nSPS) is 18.1. The van der Waals surface area contributed by atoms with Gasteiger partial charge in [0.15, 0.2) is 16.8 Å². The highest BCUT2D eigenvalue weighted by molar-refractivity contribution is 6.29. The lowest BCUT2D eigenvalue weighted by molar-refractivity contribution is 0.0944. The van der Waals surface area contributed by atoms with Crippen molar-refractivity contribution in [3.05, 3.63) is 58.5 Å². The molecule has 2 aromatic rings. The van der Waals surface area contributed by atoms with Gasteiger partial charge in [0, 0.05) is 6.42 Å². The number of hydrogen-bond acceptors (Lipinski definition) is 2. The Hall–Kier alpha value is -1.54. The molecule has 1 atom stereocenters. The molecule has 0 radical (unpaired) electrons. The van der Waals surface area contributed by atoms with Crippen LogP contribution in [-0.4, -0.2) is 5.78 Å². The average Bonchev–Trinajstić information content (AvgIpc) is 2.86. The zero-order chi connectivity index (χ0) is 13.2. The molecule has 2 nitrogen and oxygen atoms in total. The van der Waals surface area contributed by atoms with Gasteiger partial charge in [-0.05, 0) is 60.0 Å². The zero-order valence-corrected chi connectivity index (χ0v) is 11.3. The second-order valence-corrected chi connectivity index (χ2v) is 5.39. The van der Waals surface area contributed by atoms with Gasteiger partial charge in [0.2, 0.25) is 0 Å². The van der Waals surface area contributed by atoms with Crippen molar-refractivity contribution >= 4 is 17.4 Å². The van der Waals surface area contributed by atoms with E-state index in [2.05, 4.69) is 18.2 Å². The predicted molar refractivity (Wildman–Crippen MR) is 74.8 cm³/mol. The monoisotopic (exact) mass is 274 g/mol. The number of fused-ring (bicyclic) bond motifs is 1. The third kappa shape index (κ3) is 2.59. The third-order valence-corrected chi connectivity index (χ3v) is 3.98. The number of hydrogen-bond donors (Lipinski definition) is 0. The molecule has 98 valence electrons. The quantitative estimate of drug-likeness (QED) is 0.764. The number of benzene rings is 1. The first-order chi connectivity index (χ1) is 9.24. The molecular weight excluding hydrogens is 260 g/mol. The molecule has 1 heterocycles. The number of carbonyl (C=O) groups is 1. The van der Waals surface area contributed by atoms with Gasteiger partial charge in [-0.3, -0.25) is 4.79 Å². The van der Waals surface area contributed by atoms with Crippen LogP contribution in [0.5, 0.6) is 0 Å². The Morgan fingerprint density at radius 1 is 1.26 bits per heavy atom. The van der Waals surface area contributed by atoms with E-state index < -0.39 is 0 Å². The molecule has 0 bridgehead atoms. The third-order valence-electron chi connectivity index (χ3n) is 3.77. The Kier molecular flexibility index (Phi) is 3.43. The summed E-state index contributed by atoms with van der Waals surface area (Å²) < 4.78 is 5.19. The second-order valence-electron chi connectivity index (χ2n) is 5.02. The van der Waals surface area contributed by atoms with E-state index in [9.17, 15) is 4.79 Å². The van der Waals surface area contributed by atoms with Gasteiger partial charge in [0.05, 0.1) is 0 Å². The van der Waals surface area contributed by atoms with E-state index in [4.69, 9.17) is 16.0 Å². The minimum absolute atomic E-state index is 0.0357. The van der Waals surface area contributed by atoms with E-state index in [0.717, 1.165) is 19.3 Å². The number of aryl methyl sites for hydroxylation is 1. The fourth-order valence-electron chi connectivity index (χ4n) is 2.86. The lowest BCUT2D eigenvalue weighted by Gasteiger charge is -2.24. The Morgan fingerprint density at radius 3 is 2.89 bits per heavy atom. The van der Waals surface area contributed by atoms with E-state index in [0.29, 0.717) is 18.1 Å². The summed E-state index contributed by atoms with van der Waals surface area (Å²) >= 11 is 5.71. The first-order valence-corrected chi connectivity index (χ1v) is 6.98. The molecule has 1 aromatic carbocycles. The lowest BCUT2D eigenvalue weighted by Crippen LogP contribution is -2.13. The molecule has 0 saturated heterocycles. The lowest BCUT2D eigenvalue weighted by atomic mass is 9.80. The highest BCUT2D eigenvalue weighted by atomic mass is 35.5. The first-order valence-electron chi connectivity index (χ1n) is 6.60. The minimum Gasteiger partial charge on any atom is -0.442 e. The van der Waals surface area contributed by atoms with Crippen LogP contribution in [-0.2, 0) is 6.42 Å². The van der Waals surface area contributed by atoms with Crippen molar-refractivity contribution in [1.82, 2.24) is 0 Å². The molecule has 1 aliphatic carbocycles. The first kappa shape index (κ1) is 12.5. The van der Waals surface area contributed by atoms with E-state index in [1.807, 2.05) is 6.07 Å². The van der Waals surface area contributed by atoms with E-state index >= 15 is 0 Å². The Bertz CT molecular complexity index is 600. The van der Waals surface area contributed by atoms with Crippen molar-refractivity contribution in [3.63, 3.8) is 0 Å². The molecule has 0 N–H and O–H groups in total. The summed E-state index contributed by atoms with van der Waals surface area (Å²) in [5.74, 6) is 0.711. The summed E-state index contributed by atoms with van der Waals surface area (Å²) in [7, 11) is 0. The molecule has 19 heavy (non-hydrogen) atoms. The highest BCUT2D eigenvalue weighted by Crippen LogP contribution is 2.34. The fourth-order valence-corrected chi connectivity index (χ4v) is 3.00. The van der Waals surface area contributed by atoms with Crippen LogP contribution < -0.4 is 0 Å². The van der Waals surface area contributed by atoms with Crippen LogP contribution in [0.15, 0.2) is 40.8 Å². The summed E-state index contributed by atoms with van der Waals surface area (Å²) in [5.41, 5.74) is 2.70. The van der Waals surface area contributed by atoms with Gasteiger partial charge >= 0.3 is 0 Å². The van der Waals surface area contributed by atoms with Crippen LogP contribution in [0.1, 0.15) is 46.9 Å². The molecule has 0 saturated carbocycles. The van der Waals surface area contributed by atoms with E-state index in [1.165, 1.54) is 11.1 Å². The van der Waals surface area contributed by atoms with Gasteiger partial charge in [0.1, 0.15) is 0 Å². The van der Waals surface area contributed by atoms with Crippen LogP contribution >= 0.6 is 11.6 Å². The van der Waals surface area contributed by atoms with Crippen LogP contribution in [0.4, 0.5) is 0 Å². The van der Waals surface area contributed by atoms with Crippen molar-refractivity contribution in [3.8, 4) is 0 Å². The van der Waals surface area contributed by atoms with Crippen LogP contribution in [0, 0.1) is 0 Å². The number of ketones is 1. The molecular formula is C16H15ClO2. The maximum absolute atomic E-state index is 12.2. The summed E-state index contributed by atoms with van der Waals surface area (Å²) in [6.07, 6.45) is 3.83. The maximum atomic E-state index is 12.2. The molecule has 0 fully saturated rings. The molecule has 0 spiro atoms. The van der Waals surface area contributed by atoms with Crippen molar-refractivity contribution in [2.75, 3.05) is 0 Å². The summed E-state index contributed by atoms with van der Waals surface area (Å²) in [4.78, 5) is 12.2. The second kappa shape index (κ2) is 5.22.